The van der Waals surface area contributed by atoms with Gasteiger partial charge < -0.3 is 10.1 Å². The van der Waals surface area contributed by atoms with E-state index in [4.69, 9.17) is 4.74 Å². The molecule has 96 valence electrons. The molecule has 1 N–H and O–H groups in total. The van der Waals surface area contributed by atoms with Crippen molar-refractivity contribution in [1.82, 2.24) is 5.32 Å². The Kier molecular flexibility index (Phi) is 4.47. The van der Waals surface area contributed by atoms with Crippen LogP contribution in [0.5, 0.6) is 0 Å². The molecule has 1 fully saturated rings. The standard InChI is InChI=1S/C14H17NO3/c16-13(11-5-2-1-3-6-11)9-15-14(17)12-7-4-8-18-10-12/h1-3,5-6,12H,4,7-10H2,(H,15,17). The van der Waals surface area contributed by atoms with Crippen molar-refractivity contribution in [3.8, 4) is 0 Å². The van der Waals surface area contributed by atoms with Gasteiger partial charge in [-0.15, -0.1) is 0 Å². The van der Waals surface area contributed by atoms with Gasteiger partial charge in [0.15, 0.2) is 5.78 Å². The maximum Gasteiger partial charge on any atom is 0.225 e. The number of nitrogens with one attached hydrogen (secondary N) is 1. The number of carbonyl (C=O) groups excluding carboxylic acids is 2. The largest absolute Gasteiger partial charge is 0.381 e. The fraction of sp³-hybridized carbons (Fsp3) is 0.429. The molecule has 1 heterocycles. The van der Waals surface area contributed by atoms with Crippen molar-refractivity contribution in [3.63, 3.8) is 0 Å². The van der Waals surface area contributed by atoms with Gasteiger partial charge in [-0.1, -0.05) is 30.3 Å². The molecule has 1 aliphatic heterocycles. The molecule has 0 spiro atoms. The lowest BCUT2D eigenvalue weighted by molar-refractivity contribution is -0.128. The zero-order valence-corrected chi connectivity index (χ0v) is 10.2. The molecule has 1 aromatic rings. The van der Waals surface area contributed by atoms with Gasteiger partial charge >= 0.3 is 0 Å². The van der Waals surface area contributed by atoms with Crippen LogP contribution in [0.1, 0.15) is 23.2 Å². The predicted molar refractivity (Wildman–Crippen MR) is 67.3 cm³/mol. The first-order valence-corrected chi connectivity index (χ1v) is 6.21. The second kappa shape index (κ2) is 6.31. The first-order valence-electron chi connectivity index (χ1n) is 6.21. The van der Waals surface area contributed by atoms with Crippen molar-refractivity contribution < 1.29 is 14.3 Å². The SMILES string of the molecule is O=C(CNC(=O)C1CCCOC1)c1ccccc1. The number of hydrogen-bond donors (Lipinski definition) is 1. The lowest BCUT2D eigenvalue weighted by atomic mass is 10.0. The highest BCUT2D eigenvalue weighted by molar-refractivity contribution is 5.99. The molecule has 0 bridgehead atoms. The predicted octanol–water partition coefficient (Wildman–Crippen LogP) is 1.41. The van der Waals surface area contributed by atoms with E-state index in [0.29, 0.717) is 12.2 Å². The van der Waals surface area contributed by atoms with Crippen molar-refractivity contribution in [2.45, 2.75) is 12.8 Å². The van der Waals surface area contributed by atoms with Gasteiger partial charge in [-0.25, -0.2) is 0 Å². The van der Waals surface area contributed by atoms with Gasteiger partial charge in [-0.3, -0.25) is 9.59 Å². The number of rotatable bonds is 4. The summed E-state index contributed by atoms with van der Waals surface area (Å²) in [5.74, 6) is -0.262. The van der Waals surface area contributed by atoms with E-state index in [-0.39, 0.29) is 24.2 Å². The molecular formula is C14H17NO3. The summed E-state index contributed by atoms with van der Waals surface area (Å²) >= 11 is 0. The molecule has 1 unspecified atom stereocenters. The molecule has 18 heavy (non-hydrogen) atoms. The summed E-state index contributed by atoms with van der Waals surface area (Å²) in [7, 11) is 0. The third kappa shape index (κ3) is 3.40. The molecule has 1 aromatic carbocycles. The minimum Gasteiger partial charge on any atom is -0.381 e. The van der Waals surface area contributed by atoms with E-state index in [1.54, 1.807) is 12.1 Å². The van der Waals surface area contributed by atoms with E-state index in [0.717, 1.165) is 19.4 Å². The van der Waals surface area contributed by atoms with Crippen LogP contribution >= 0.6 is 0 Å². The smallest absolute Gasteiger partial charge is 0.225 e. The van der Waals surface area contributed by atoms with Crippen LogP contribution < -0.4 is 5.32 Å². The van der Waals surface area contributed by atoms with E-state index in [2.05, 4.69) is 5.32 Å². The van der Waals surface area contributed by atoms with E-state index >= 15 is 0 Å². The van der Waals surface area contributed by atoms with Gasteiger partial charge in [0.1, 0.15) is 0 Å². The lowest BCUT2D eigenvalue weighted by Crippen LogP contribution is -2.38. The van der Waals surface area contributed by atoms with Crippen LogP contribution in [0.15, 0.2) is 30.3 Å². The van der Waals surface area contributed by atoms with Gasteiger partial charge in [-0.2, -0.15) is 0 Å². The van der Waals surface area contributed by atoms with Gasteiger partial charge in [0, 0.05) is 12.2 Å². The summed E-state index contributed by atoms with van der Waals surface area (Å²) in [5.41, 5.74) is 0.623. The zero-order valence-electron chi connectivity index (χ0n) is 10.2. The zero-order chi connectivity index (χ0) is 12.8. The molecule has 0 saturated carbocycles. The van der Waals surface area contributed by atoms with Crippen molar-refractivity contribution in [2.24, 2.45) is 5.92 Å². The fourth-order valence-electron chi connectivity index (χ4n) is 1.99. The Balaban J connectivity index is 1.80. The summed E-state index contributed by atoms with van der Waals surface area (Å²) in [6.45, 7) is 1.25. The minimum absolute atomic E-state index is 0.0549. The molecule has 2 rings (SSSR count). The molecule has 4 heteroatoms. The normalized spacial score (nSPS) is 19.2. The molecule has 1 saturated heterocycles. The van der Waals surface area contributed by atoms with Gasteiger partial charge in [0.2, 0.25) is 5.91 Å². The molecule has 0 radical (unpaired) electrons. The Morgan fingerprint density at radius 3 is 2.72 bits per heavy atom. The van der Waals surface area contributed by atoms with E-state index in [1.807, 2.05) is 18.2 Å². The summed E-state index contributed by atoms with van der Waals surface area (Å²) in [4.78, 5) is 23.6. The van der Waals surface area contributed by atoms with Crippen LogP contribution in [0.3, 0.4) is 0 Å². The number of benzene rings is 1. The van der Waals surface area contributed by atoms with Crippen LogP contribution in [-0.4, -0.2) is 31.4 Å². The van der Waals surface area contributed by atoms with E-state index in [1.165, 1.54) is 0 Å². The second-order valence-corrected chi connectivity index (χ2v) is 4.42. The molecule has 1 amide bonds. The van der Waals surface area contributed by atoms with Gasteiger partial charge in [0.05, 0.1) is 19.1 Å². The van der Waals surface area contributed by atoms with Crippen LogP contribution in [0.2, 0.25) is 0 Å². The number of ether oxygens (including phenoxy) is 1. The van der Waals surface area contributed by atoms with Crippen molar-refractivity contribution >= 4 is 11.7 Å². The van der Waals surface area contributed by atoms with Gasteiger partial charge in [-0.05, 0) is 12.8 Å². The van der Waals surface area contributed by atoms with Crippen molar-refractivity contribution in [3.05, 3.63) is 35.9 Å². The topological polar surface area (TPSA) is 55.4 Å². The Morgan fingerprint density at radius 1 is 1.28 bits per heavy atom. The van der Waals surface area contributed by atoms with Crippen LogP contribution in [0.25, 0.3) is 0 Å². The average Bonchev–Trinajstić information content (AvgIpc) is 2.46. The Morgan fingerprint density at radius 2 is 2.06 bits per heavy atom. The van der Waals surface area contributed by atoms with E-state index < -0.39 is 0 Å². The molecular weight excluding hydrogens is 230 g/mol. The first-order chi connectivity index (χ1) is 8.77. The highest BCUT2D eigenvalue weighted by atomic mass is 16.5. The lowest BCUT2D eigenvalue weighted by Gasteiger charge is -2.20. The van der Waals surface area contributed by atoms with Gasteiger partial charge in [0.25, 0.3) is 0 Å². The number of carbonyl (C=O) groups is 2. The highest BCUT2D eigenvalue weighted by Crippen LogP contribution is 2.13. The first kappa shape index (κ1) is 12.8. The highest BCUT2D eigenvalue weighted by Gasteiger charge is 2.21. The third-order valence-electron chi connectivity index (χ3n) is 3.05. The number of amides is 1. The number of ketones is 1. The molecule has 4 nitrogen and oxygen atoms in total. The molecule has 1 atom stereocenters. The van der Waals surface area contributed by atoms with Crippen molar-refractivity contribution in [1.29, 1.82) is 0 Å². The quantitative estimate of drug-likeness (QED) is 0.818. The Bertz CT molecular complexity index is 410. The van der Waals surface area contributed by atoms with Crippen molar-refractivity contribution in [2.75, 3.05) is 19.8 Å². The summed E-state index contributed by atoms with van der Waals surface area (Å²) < 4.78 is 5.25. The minimum atomic E-state index is -0.109. The summed E-state index contributed by atoms with van der Waals surface area (Å²) in [6, 6.07) is 8.97. The average molecular weight is 247 g/mol. The fourth-order valence-corrected chi connectivity index (χ4v) is 1.99. The third-order valence-corrected chi connectivity index (χ3v) is 3.05. The Hall–Kier alpha value is -1.68. The van der Waals surface area contributed by atoms with Crippen LogP contribution in [0.4, 0.5) is 0 Å². The molecule has 0 aliphatic carbocycles. The maximum absolute atomic E-state index is 11.8. The Labute approximate surface area is 106 Å². The van der Waals surface area contributed by atoms with Crippen LogP contribution in [-0.2, 0) is 9.53 Å². The molecule has 0 aromatic heterocycles. The number of Topliss-reactive ketones (excluding diaryl/α,β-unsaturated/α-hetero) is 1. The number of hydrogen-bond acceptors (Lipinski definition) is 3. The molecule has 1 aliphatic rings. The second-order valence-electron chi connectivity index (χ2n) is 4.42. The summed E-state index contributed by atoms with van der Waals surface area (Å²) in [6.07, 6.45) is 1.75. The summed E-state index contributed by atoms with van der Waals surface area (Å²) in [5, 5.41) is 2.68. The van der Waals surface area contributed by atoms with Crippen LogP contribution in [0, 0.1) is 5.92 Å². The monoisotopic (exact) mass is 247 g/mol. The maximum atomic E-state index is 11.8. The van der Waals surface area contributed by atoms with E-state index in [9.17, 15) is 9.59 Å².